The van der Waals surface area contributed by atoms with E-state index >= 15 is 0 Å². The van der Waals surface area contributed by atoms with Gasteiger partial charge in [-0.05, 0) is 13.8 Å². The molecule has 0 amide bonds. The monoisotopic (exact) mass is 223 g/mol. The summed E-state index contributed by atoms with van der Waals surface area (Å²) in [6, 6.07) is -0.569. The Balaban J connectivity index is 4.10. The molecule has 84 valence electrons. The van der Waals surface area contributed by atoms with E-state index in [1.54, 1.807) is 13.8 Å². The van der Waals surface area contributed by atoms with Gasteiger partial charge in [0.15, 0.2) is 7.29 Å². The molecule has 0 fully saturated rings. The van der Waals surface area contributed by atoms with Crippen LogP contribution >= 0.6 is 7.29 Å². The van der Waals surface area contributed by atoms with E-state index in [-0.39, 0.29) is 6.35 Å². The summed E-state index contributed by atoms with van der Waals surface area (Å²) in [7, 11) is -1.13. The maximum absolute atomic E-state index is 11.7. The fourth-order valence-corrected chi connectivity index (χ4v) is 2.51. The van der Waals surface area contributed by atoms with Crippen molar-refractivity contribution in [1.82, 2.24) is 5.09 Å². The Morgan fingerprint density at radius 3 is 2.57 bits per heavy atom. The summed E-state index contributed by atoms with van der Waals surface area (Å²) in [5.41, 5.74) is 0. The largest absolute Gasteiger partial charge is 0.465 e. The third kappa shape index (κ3) is 5.37. The third-order valence-electron chi connectivity index (χ3n) is 1.48. The molecule has 2 atom stereocenters. The van der Waals surface area contributed by atoms with Crippen molar-refractivity contribution in [3.8, 4) is 0 Å². The van der Waals surface area contributed by atoms with Crippen molar-refractivity contribution in [2.45, 2.75) is 19.9 Å². The normalized spacial score (nSPS) is 17.1. The molecule has 0 aliphatic carbocycles. The topological polar surface area (TPSA) is 64.6 Å². The molecule has 14 heavy (non-hydrogen) atoms. The fourth-order valence-electron chi connectivity index (χ4n) is 1.01. The van der Waals surface area contributed by atoms with Crippen LogP contribution in [0.2, 0.25) is 0 Å². The van der Waals surface area contributed by atoms with Crippen LogP contribution in [-0.4, -0.2) is 38.7 Å². The summed E-state index contributed by atoms with van der Waals surface area (Å²) in [4.78, 5) is 11.2. The van der Waals surface area contributed by atoms with E-state index in [0.29, 0.717) is 6.61 Å². The molecule has 5 nitrogen and oxygen atoms in total. The van der Waals surface area contributed by atoms with Crippen LogP contribution in [0.1, 0.15) is 13.8 Å². The van der Waals surface area contributed by atoms with E-state index in [1.807, 2.05) is 0 Å². The number of hydrogen-bond acceptors (Lipinski definition) is 4. The minimum absolute atomic E-state index is 0.108. The Kier molecular flexibility index (Phi) is 6.00. The first kappa shape index (κ1) is 13.6. The van der Waals surface area contributed by atoms with Gasteiger partial charge in [0.2, 0.25) is 0 Å². The maximum Gasteiger partial charge on any atom is 0.323 e. The highest BCUT2D eigenvalue weighted by molar-refractivity contribution is 7.60. The van der Waals surface area contributed by atoms with Gasteiger partial charge in [-0.2, -0.15) is 0 Å². The molecule has 0 spiro atoms. The Hall–Kier alpha value is -0.380. The van der Waals surface area contributed by atoms with Crippen molar-refractivity contribution in [3.63, 3.8) is 0 Å². The molecule has 0 saturated carbocycles. The second kappa shape index (κ2) is 6.17. The van der Waals surface area contributed by atoms with Gasteiger partial charge in [0.25, 0.3) is 0 Å². The van der Waals surface area contributed by atoms with Crippen LogP contribution in [0.4, 0.5) is 0 Å². The molecule has 0 aromatic rings. The van der Waals surface area contributed by atoms with E-state index in [1.165, 1.54) is 13.8 Å². The number of carbonyl (C=O) groups is 1. The molecule has 1 unspecified atom stereocenters. The number of rotatable bonds is 6. The minimum Gasteiger partial charge on any atom is -0.465 e. The number of hydrogen-bond donors (Lipinski definition) is 1. The van der Waals surface area contributed by atoms with Gasteiger partial charge in [-0.3, -0.25) is 9.88 Å². The van der Waals surface area contributed by atoms with Crippen LogP contribution in [0, 0.1) is 0 Å². The highest BCUT2D eigenvalue weighted by Crippen LogP contribution is 2.36. The molecule has 0 aromatic heterocycles. The summed E-state index contributed by atoms with van der Waals surface area (Å²) < 4.78 is 21.2. The second-order valence-electron chi connectivity index (χ2n) is 3.12. The Bertz CT molecular complexity index is 231. The quantitative estimate of drug-likeness (QED) is 0.538. The molecule has 0 aliphatic heterocycles. The zero-order valence-electron chi connectivity index (χ0n) is 9.07. The van der Waals surface area contributed by atoms with E-state index in [0.717, 1.165) is 0 Å². The van der Waals surface area contributed by atoms with Crippen LogP contribution in [0.15, 0.2) is 0 Å². The summed E-state index contributed by atoms with van der Waals surface area (Å²) in [5.74, 6) is -0.398. The highest BCUT2D eigenvalue weighted by atomic mass is 31.2. The van der Waals surface area contributed by atoms with E-state index in [9.17, 15) is 9.36 Å². The van der Waals surface area contributed by atoms with Gasteiger partial charge in [0, 0.05) is 13.8 Å². The molecule has 6 heteroatoms. The number of carbonyl (C=O) groups excluding carboxylic acids is 1. The lowest BCUT2D eigenvalue weighted by Gasteiger charge is -2.18. The molecular formula is C8H18NO4P. The van der Waals surface area contributed by atoms with Crippen LogP contribution in [0.3, 0.4) is 0 Å². The minimum atomic E-state index is -2.60. The molecule has 0 aromatic carbocycles. The van der Waals surface area contributed by atoms with Gasteiger partial charge >= 0.3 is 5.97 Å². The molecule has 0 heterocycles. The molecular weight excluding hydrogens is 205 g/mol. The van der Waals surface area contributed by atoms with Gasteiger partial charge in [-0.25, -0.2) is 0 Å². The lowest BCUT2D eigenvalue weighted by molar-refractivity contribution is -0.144. The van der Waals surface area contributed by atoms with Gasteiger partial charge < -0.3 is 14.0 Å². The number of nitrogens with one attached hydrogen (secondary N) is 1. The Morgan fingerprint density at radius 2 is 2.14 bits per heavy atom. The SMILES string of the molecule is CCOC(=O)C(C)N[P@@](C)(=O)COC. The fraction of sp³-hybridized carbons (Fsp3) is 0.875. The van der Waals surface area contributed by atoms with Crippen molar-refractivity contribution < 1.29 is 18.8 Å². The lowest BCUT2D eigenvalue weighted by atomic mass is 10.4. The maximum atomic E-state index is 11.7. The molecule has 0 bridgehead atoms. The molecule has 1 N–H and O–H groups in total. The highest BCUT2D eigenvalue weighted by Gasteiger charge is 2.22. The zero-order valence-corrected chi connectivity index (χ0v) is 9.97. The standard InChI is InChI=1S/C8H18NO4P/c1-5-13-8(10)7(2)9-14(4,11)6-12-3/h7H,5-6H2,1-4H3,(H,9,11)/t7?,14-/m0/s1. The predicted molar refractivity (Wildman–Crippen MR) is 54.6 cm³/mol. The number of esters is 1. The van der Waals surface area contributed by atoms with Crippen LogP contribution in [-0.2, 0) is 18.8 Å². The number of ether oxygens (including phenoxy) is 2. The predicted octanol–water partition coefficient (Wildman–Crippen LogP) is 1.04. The first-order valence-corrected chi connectivity index (χ1v) is 6.76. The van der Waals surface area contributed by atoms with E-state index < -0.39 is 19.3 Å². The summed E-state index contributed by atoms with van der Waals surface area (Å²) in [6.07, 6.45) is 0.108. The van der Waals surface area contributed by atoms with Crippen LogP contribution in [0.5, 0.6) is 0 Å². The van der Waals surface area contributed by atoms with Gasteiger partial charge in [0.05, 0.1) is 6.61 Å². The summed E-state index contributed by atoms with van der Waals surface area (Å²) in [5, 5.41) is 2.70. The van der Waals surface area contributed by atoms with Crippen molar-refractivity contribution in [2.24, 2.45) is 0 Å². The summed E-state index contributed by atoms with van der Waals surface area (Å²) >= 11 is 0. The average molecular weight is 223 g/mol. The zero-order chi connectivity index (χ0) is 11.2. The van der Waals surface area contributed by atoms with Gasteiger partial charge in [0.1, 0.15) is 12.4 Å². The molecule has 0 rings (SSSR count). The average Bonchev–Trinajstić information content (AvgIpc) is 2.03. The molecule has 0 radical (unpaired) electrons. The van der Waals surface area contributed by atoms with E-state index in [4.69, 9.17) is 9.47 Å². The molecule has 0 aliphatic rings. The first-order valence-electron chi connectivity index (χ1n) is 4.43. The number of methoxy groups -OCH3 is 1. The van der Waals surface area contributed by atoms with Crippen molar-refractivity contribution in [1.29, 1.82) is 0 Å². The Morgan fingerprint density at radius 1 is 1.57 bits per heavy atom. The van der Waals surface area contributed by atoms with Crippen LogP contribution in [0.25, 0.3) is 0 Å². The van der Waals surface area contributed by atoms with Crippen molar-refractivity contribution in [3.05, 3.63) is 0 Å². The smallest absolute Gasteiger partial charge is 0.323 e. The molecule has 0 saturated heterocycles. The summed E-state index contributed by atoms with van der Waals surface area (Å²) in [6.45, 7) is 5.20. The lowest BCUT2D eigenvalue weighted by Crippen LogP contribution is -2.33. The van der Waals surface area contributed by atoms with Crippen molar-refractivity contribution in [2.75, 3.05) is 26.7 Å². The third-order valence-corrected chi connectivity index (χ3v) is 3.17. The Labute approximate surface area is 84.6 Å². The van der Waals surface area contributed by atoms with E-state index in [2.05, 4.69) is 5.09 Å². The van der Waals surface area contributed by atoms with Crippen molar-refractivity contribution >= 4 is 13.3 Å². The first-order chi connectivity index (χ1) is 6.43. The van der Waals surface area contributed by atoms with Crippen LogP contribution < -0.4 is 5.09 Å². The second-order valence-corrected chi connectivity index (χ2v) is 5.84. The van der Waals surface area contributed by atoms with Gasteiger partial charge in [-0.15, -0.1) is 0 Å². The van der Waals surface area contributed by atoms with Gasteiger partial charge in [-0.1, -0.05) is 0 Å².